The zero-order valence-corrected chi connectivity index (χ0v) is 10.4. The zero-order chi connectivity index (χ0) is 12.4. The molecule has 1 N–H and O–H groups in total. The van der Waals surface area contributed by atoms with E-state index in [4.69, 9.17) is 0 Å². The van der Waals surface area contributed by atoms with Crippen LogP contribution >= 0.6 is 0 Å². The van der Waals surface area contributed by atoms with Gasteiger partial charge in [-0.25, -0.2) is 4.98 Å². The van der Waals surface area contributed by atoms with E-state index in [-0.39, 0.29) is 5.92 Å². The van der Waals surface area contributed by atoms with Gasteiger partial charge in [-0.15, -0.1) is 0 Å². The average molecular weight is 240 g/mol. The first kappa shape index (κ1) is 11.1. The first-order valence-electron chi connectivity index (χ1n) is 6.32. The molecule has 1 aliphatic rings. The number of nitrogens with zero attached hydrogens (tertiary/aromatic N) is 3. The zero-order valence-electron chi connectivity index (χ0n) is 10.4. The molecule has 92 valence electrons. The summed E-state index contributed by atoms with van der Waals surface area (Å²) in [5.74, 6) is 1.13. The van der Waals surface area contributed by atoms with Gasteiger partial charge >= 0.3 is 0 Å². The van der Waals surface area contributed by atoms with Crippen LogP contribution in [0.4, 0.5) is 5.82 Å². The van der Waals surface area contributed by atoms with Gasteiger partial charge in [0.05, 0.1) is 11.4 Å². The van der Waals surface area contributed by atoms with Gasteiger partial charge in [0.15, 0.2) is 0 Å². The lowest BCUT2D eigenvalue weighted by Crippen LogP contribution is -2.16. The van der Waals surface area contributed by atoms with Crippen LogP contribution < -0.4 is 5.32 Å². The fourth-order valence-corrected chi connectivity index (χ4v) is 2.67. The van der Waals surface area contributed by atoms with Crippen molar-refractivity contribution in [2.45, 2.75) is 25.2 Å². The molecule has 2 heterocycles. The topological polar surface area (TPSA) is 50.7 Å². The molecule has 1 atom stereocenters. The molecule has 2 aromatic heterocycles. The van der Waals surface area contributed by atoms with E-state index in [1.165, 1.54) is 17.7 Å². The Morgan fingerprint density at radius 2 is 1.94 bits per heavy atom. The SMILES string of the molecule is CNc1nccnc1C1CCCc2cccnc21. The largest absolute Gasteiger partial charge is 0.372 e. The lowest BCUT2D eigenvalue weighted by molar-refractivity contribution is 0.587. The molecule has 0 amide bonds. The highest BCUT2D eigenvalue weighted by molar-refractivity contribution is 5.45. The van der Waals surface area contributed by atoms with E-state index in [0.717, 1.165) is 24.4 Å². The number of aryl methyl sites for hydroxylation is 1. The second-order valence-corrected chi connectivity index (χ2v) is 4.53. The third-order valence-corrected chi connectivity index (χ3v) is 3.49. The van der Waals surface area contributed by atoms with E-state index >= 15 is 0 Å². The number of hydrogen-bond donors (Lipinski definition) is 1. The van der Waals surface area contributed by atoms with Gasteiger partial charge < -0.3 is 5.32 Å². The molecule has 0 saturated carbocycles. The third kappa shape index (κ3) is 1.83. The van der Waals surface area contributed by atoms with E-state index in [9.17, 15) is 0 Å². The summed E-state index contributed by atoms with van der Waals surface area (Å²) in [4.78, 5) is 13.4. The molecule has 3 rings (SSSR count). The van der Waals surface area contributed by atoms with Crippen LogP contribution in [0.1, 0.15) is 35.7 Å². The number of nitrogens with one attached hydrogen (secondary N) is 1. The molecule has 4 heteroatoms. The van der Waals surface area contributed by atoms with Crippen LogP contribution in [0.2, 0.25) is 0 Å². The van der Waals surface area contributed by atoms with Crippen molar-refractivity contribution in [1.29, 1.82) is 0 Å². The lowest BCUT2D eigenvalue weighted by Gasteiger charge is -2.24. The highest BCUT2D eigenvalue weighted by atomic mass is 15.0. The normalized spacial score (nSPS) is 18.2. The molecule has 1 aliphatic carbocycles. The Bertz CT molecular complexity index is 553. The fraction of sp³-hybridized carbons (Fsp3) is 0.357. The van der Waals surface area contributed by atoms with Crippen molar-refractivity contribution < 1.29 is 0 Å². The van der Waals surface area contributed by atoms with Crippen molar-refractivity contribution in [1.82, 2.24) is 15.0 Å². The maximum absolute atomic E-state index is 4.56. The number of hydrogen-bond acceptors (Lipinski definition) is 4. The van der Waals surface area contributed by atoms with Crippen molar-refractivity contribution in [3.8, 4) is 0 Å². The molecule has 2 aromatic rings. The minimum atomic E-state index is 0.270. The molecule has 4 nitrogen and oxygen atoms in total. The van der Waals surface area contributed by atoms with Crippen molar-refractivity contribution in [3.63, 3.8) is 0 Å². The third-order valence-electron chi connectivity index (χ3n) is 3.49. The predicted octanol–water partition coefficient (Wildman–Crippen LogP) is 2.38. The van der Waals surface area contributed by atoms with Crippen LogP contribution in [0.5, 0.6) is 0 Å². The summed E-state index contributed by atoms with van der Waals surface area (Å²) < 4.78 is 0. The first-order chi connectivity index (χ1) is 8.90. The van der Waals surface area contributed by atoms with Crippen LogP contribution in [-0.2, 0) is 6.42 Å². The van der Waals surface area contributed by atoms with Crippen LogP contribution in [0, 0.1) is 0 Å². The van der Waals surface area contributed by atoms with Crippen molar-refractivity contribution in [2.75, 3.05) is 12.4 Å². The summed E-state index contributed by atoms with van der Waals surface area (Å²) in [5.41, 5.74) is 3.53. The van der Waals surface area contributed by atoms with Gasteiger partial charge in [-0.05, 0) is 30.9 Å². The molecule has 0 radical (unpaired) electrons. The fourth-order valence-electron chi connectivity index (χ4n) is 2.67. The Morgan fingerprint density at radius 1 is 1.11 bits per heavy atom. The Kier molecular flexibility index (Phi) is 2.92. The summed E-state index contributed by atoms with van der Waals surface area (Å²) >= 11 is 0. The number of pyridine rings is 1. The van der Waals surface area contributed by atoms with E-state index in [2.05, 4.69) is 26.3 Å². The van der Waals surface area contributed by atoms with E-state index in [0.29, 0.717) is 0 Å². The minimum Gasteiger partial charge on any atom is -0.372 e. The summed E-state index contributed by atoms with van der Waals surface area (Å²) in [6.45, 7) is 0. The smallest absolute Gasteiger partial charge is 0.148 e. The van der Waals surface area contributed by atoms with Crippen LogP contribution in [0.15, 0.2) is 30.7 Å². The molecular formula is C14H16N4. The molecule has 0 fully saturated rings. The van der Waals surface area contributed by atoms with Gasteiger partial charge in [0.2, 0.25) is 0 Å². The summed E-state index contributed by atoms with van der Waals surface area (Å²) in [6, 6.07) is 4.18. The molecule has 0 aliphatic heterocycles. The molecular weight excluding hydrogens is 224 g/mol. The van der Waals surface area contributed by atoms with Gasteiger partial charge in [0.25, 0.3) is 0 Å². The quantitative estimate of drug-likeness (QED) is 0.875. The standard InChI is InChI=1S/C14H16N4/c1-15-14-13(17-8-9-18-14)11-6-2-4-10-5-3-7-16-12(10)11/h3,5,7-9,11H,2,4,6H2,1H3,(H,15,18). The monoisotopic (exact) mass is 240 g/mol. The molecule has 0 bridgehead atoms. The van der Waals surface area contributed by atoms with E-state index in [1.807, 2.05) is 19.3 Å². The van der Waals surface area contributed by atoms with Gasteiger partial charge in [-0.3, -0.25) is 9.97 Å². The Hall–Kier alpha value is -1.97. The predicted molar refractivity (Wildman–Crippen MR) is 70.6 cm³/mol. The molecule has 0 spiro atoms. The Labute approximate surface area is 107 Å². The Morgan fingerprint density at radius 3 is 2.83 bits per heavy atom. The van der Waals surface area contributed by atoms with Crippen LogP contribution in [0.3, 0.4) is 0 Å². The van der Waals surface area contributed by atoms with Crippen LogP contribution in [-0.4, -0.2) is 22.0 Å². The maximum atomic E-state index is 4.56. The summed E-state index contributed by atoms with van der Waals surface area (Å²) in [7, 11) is 1.88. The second kappa shape index (κ2) is 4.72. The van der Waals surface area contributed by atoms with E-state index in [1.54, 1.807) is 12.4 Å². The second-order valence-electron chi connectivity index (χ2n) is 4.53. The summed E-state index contributed by atoms with van der Waals surface area (Å²) in [5, 5.41) is 3.12. The molecule has 0 saturated heterocycles. The maximum Gasteiger partial charge on any atom is 0.148 e. The highest BCUT2D eigenvalue weighted by Gasteiger charge is 2.26. The summed E-state index contributed by atoms with van der Waals surface area (Å²) in [6.07, 6.45) is 8.74. The van der Waals surface area contributed by atoms with Crippen LogP contribution in [0.25, 0.3) is 0 Å². The molecule has 1 unspecified atom stereocenters. The average Bonchev–Trinajstić information content (AvgIpc) is 2.46. The van der Waals surface area contributed by atoms with Crippen molar-refractivity contribution in [2.24, 2.45) is 0 Å². The van der Waals surface area contributed by atoms with Gasteiger partial charge in [0.1, 0.15) is 5.82 Å². The first-order valence-corrected chi connectivity index (χ1v) is 6.32. The Balaban J connectivity index is 2.08. The molecule has 0 aromatic carbocycles. The number of aromatic nitrogens is 3. The lowest BCUT2D eigenvalue weighted by atomic mass is 9.84. The highest BCUT2D eigenvalue weighted by Crippen LogP contribution is 2.36. The molecule has 18 heavy (non-hydrogen) atoms. The number of fused-ring (bicyclic) bond motifs is 1. The minimum absolute atomic E-state index is 0.270. The van der Waals surface area contributed by atoms with Gasteiger partial charge in [0, 0.05) is 31.6 Å². The number of rotatable bonds is 2. The number of anilines is 1. The van der Waals surface area contributed by atoms with Gasteiger partial charge in [-0.2, -0.15) is 0 Å². The van der Waals surface area contributed by atoms with Gasteiger partial charge in [-0.1, -0.05) is 6.07 Å². The van der Waals surface area contributed by atoms with E-state index < -0.39 is 0 Å². The van der Waals surface area contributed by atoms with Crippen molar-refractivity contribution >= 4 is 5.82 Å². The van der Waals surface area contributed by atoms with Crippen molar-refractivity contribution in [3.05, 3.63) is 47.7 Å².